The molecule has 1 N–H and O–H groups in total. The van der Waals surface area contributed by atoms with Crippen molar-refractivity contribution in [1.29, 1.82) is 0 Å². The van der Waals surface area contributed by atoms with Gasteiger partial charge in [0, 0.05) is 36.7 Å². The SMILES string of the molecule is C=C(CNC)CN1CC(C)SC(C)C1. The van der Waals surface area contributed by atoms with Crippen molar-refractivity contribution in [1.82, 2.24) is 10.2 Å². The number of thioether (sulfide) groups is 1. The van der Waals surface area contributed by atoms with Crippen molar-refractivity contribution in [2.75, 3.05) is 33.2 Å². The second kappa shape index (κ2) is 5.79. The van der Waals surface area contributed by atoms with Crippen LogP contribution in [0.5, 0.6) is 0 Å². The predicted octanol–water partition coefficient (Wildman–Crippen LogP) is 1.59. The van der Waals surface area contributed by atoms with E-state index in [0.29, 0.717) is 0 Å². The molecule has 1 fully saturated rings. The molecular formula is C11H22N2S. The molecule has 0 saturated carbocycles. The Hall–Kier alpha value is 0.0100. The first-order valence-corrected chi connectivity index (χ1v) is 6.25. The summed E-state index contributed by atoms with van der Waals surface area (Å²) in [5, 5.41) is 4.68. The van der Waals surface area contributed by atoms with Crippen LogP contribution in [0.15, 0.2) is 12.2 Å². The number of likely N-dealkylation sites (N-methyl/N-ethyl adjacent to an activating group) is 1. The zero-order chi connectivity index (χ0) is 10.6. The van der Waals surface area contributed by atoms with Crippen LogP contribution in [-0.2, 0) is 0 Å². The predicted molar refractivity (Wildman–Crippen MR) is 66.0 cm³/mol. The third-order valence-electron chi connectivity index (χ3n) is 2.37. The molecule has 1 aliphatic heterocycles. The molecule has 2 unspecified atom stereocenters. The Morgan fingerprint density at radius 1 is 1.43 bits per heavy atom. The molecule has 0 amide bonds. The fraction of sp³-hybridized carbons (Fsp3) is 0.818. The lowest BCUT2D eigenvalue weighted by atomic mass is 10.2. The summed E-state index contributed by atoms with van der Waals surface area (Å²) in [6.45, 7) is 13.1. The summed E-state index contributed by atoms with van der Waals surface area (Å²) in [7, 11) is 1.97. The van der Waals surface area contributed by atoms with E-state index in [1.165, 1.54) is 18.7 Å². The van der Waals surface area contributed by atoms with E-state index >= 15 is 0 Å². The summed E-state index contributed by atoms with van der Waals surface area (Å²) < 4.78 is 0. The smallest absolute Gasteiger partial charge is 0.0203 e. The Morgan fingerprint density at radius 2 is 2.00 bits per heavy atom. The molecule has 14 heavy (non-hydrogen) atoms. The van der Waals surface area contributed by atoms with Crippen LogP contribution in [0.3, 0.4) is 0 Å². The molecule has 0 aromatic rings. The third kappa shape index (κ3) is 4.03. The van der Waals surface area contributed by atoms with Crippen LogP contribution >= 0.6 is 11.8 Å². The topological polar surface area (TPSA) is 15.3 Å². The number of hydrogen-bond acceptors (Lipinski definition) is 3. The highest BCUT2D eigenvalue weighted by Gasteiger charge is 2.21. The van der Waals surface area contributed by atoms with Crippen molar-refractivity contribution in [2.45, 2.75) is 24.3 Å². The van der Waals surface area contributed by atoms with Crippen molar-refractivity contribution in [2.24, 2.45) is 0 Å². The van der Waals surface area contributed by atoms with Gasteiger partial charge in [0.15, 0.2) is 0 Å². The van der Waals surface area contributed by atoms with Crippen LogP contribution in [0.4, 0.5) is 0 Å². The lowest BCUT2D eigenvalue weighted by molar-refractivity contribution is 0.291. The van der Waals surface area contributed by atoms with Gasteiger partial charge in [-0.3, -0.25) is 4.90 Å². The fourth-order valence-electron chi connectivity index (χ4n) is 2.04. The molecule has 0 aliphatic carbocycles. The maximum Gasteiger partial charge on any atom is 0.0203 e. The molecule has 1 aliphatic rings. The molecule has 0 bridgehead atoms. The lowest BCUT2D eigenvalue weighted by Crippen LogP contribution is -2.41. The van der Waals surface area contributed by atoms with Gasteiger partial charge in [0.05, 0.1) is 0 Å². The zero-order valence-corrected chi connectivity index (χ0v) is 10.4. The Labute approximate surface area is 92.1 Å². The minimum atomic E-state index is 0.765. The molecule has 82 valence electrons. The molecule has 0 spiro atoms. The standard InChI is InChI=1S/C11H22N2S/c1-9(5-12-4)6-13-7-10(2)14-11(3)8-13/h10-12H,1,5-8H2,2-4H3. The minimum absolute atomic E-state index is 0.765. The first kappa shape index (κ1) is 12.1. The monoisotopic (exact) mass is 214 g/mol. The average molecular weight is 214 g/mol. The number of nitrogens with zero attached hydrogens (tertiary/aromatic N) is 1. The van der Waals surface area contributed by atoms with Crippen molar-refractivity contribution < 1.29 is 0 Å². The van der Waals surface area contributed by atoms with E-state index in [-0.39, 0.29) is 0 Å². The Morgan fingerprint density at radius 3 is 2.50 bits per heavy atom. The third-order valence-corrected chi connectivity index (χ3v) is 3.60. The summed E-state index contributed by atoms with van der Waals surface area (Å²) in [5.74, 6) is 0. The molecule has 1 rings (SSSR count). The van der Waals surface area contributed by atoms with E-state index < -0.39 is 0 Å². The maximum atomic E-state index is 4.08. The molecule has 2 atom stereocenters. The van der Waals surface area contributed by atoms with Crippen LogP contribution in [0, 0.1) is 0 Å². The Bertz CT molecular complexity index is 184. The van der Waals surface area contributed by atoms with Crippen molar-refractivity contribution in [3.8, 4) is 0 Å². The lowest BCUT2D eigenvalue weighted by Gasteiger charge is -2.34. The molecule has 3 heteroatoms. The zero-order valence-electron chi connectivity index (χ0n) is 9.55. The Kier molecular flexibility index (Phi) is 4.99. The van der Waals surface area contributed by atoms with Gasteiger partial charge in [-0.15, -0.1) is 0 Å². The molecule has 1 heterocycles. The fourth-order valence-corrected chi connectivity index (χ4v) is 3.42. The van der Waals surface area contributed by atoms with Gasteiger partial charge in [-0.1, -0.05) is 20.4 Å². The molecule has 2 nitrogen and oxygen atoms in total. The first-order chi connectivity index (χ1) is 6.61. The highest BCUT2D eigenvalue weighted by Crippen LogP contribution is 2.24. The first-order valence-electron chi connectivity index (χ1n) is 5.31. The minimum Gasteiger partial charge on any atom is -0.316 e. The van der Waals surface area contributed by atoms with Gasteiger partial charge in [0.1, 0.15) is 0 Å². The second-order valence-corrected chi connectivity index (χ2v) is 6.11. The summed E-state index contributed by atoms with van der Waals surface area (Å²) in [6, 6.07) is 0. The quantitative estimate of drug-likeness (QED) is 0.716. The molecule has 0 aromatic heterocycles. The van der Waals surface area contributed by atoms with Crippen molar-refractivity contribution in [3.63, 3.8) is 0 Å². The van der Waals surface area contributed by atoms with Gasteiger partial charge in [0.25, 0.3) is 0 Å². The summed E-state index contributed by atoms with van der Waals surface area (Å²) >= 11 is 2.10. The average Bonchev–Trinajstić information content (AvgIpc) is 2.01. The summed E-state index contributed by atoms with van der Waals surface area (Å²) in [6.07, 6.45) is 0. The van der Waals surface area contributed by atoms with Crippen molar-refractivity contribution in [3.05, 3.63) is 12.2 Å². The number of nitrogens with one attached hydrogen (secondary N) is 1. The molecule has 0 radical (unpaired) electrons. The number of rotatable bonds is 4. The molecule has 0 aromatic carbocycles. The van der Waals surface area contributed by atoms with E-state index in [9.17, 15) is 0 Å². The summed E-state index contributed by atoms with van der Waals surface area (Å²) in [5.41, 5.74) is 1.29. The second-order valence-electron chi connectivity index (χ2n) is 4.23. The Balaban J connectivity index is 2.33. The van der Waals surface area contributed by atoms with Crippen LogP contribution in [0.1, 0.15) is 13.8 Å². The van der Waals surface area contributed by atoms with E-state index in [0.717, 1.165) is 23.6 Å². The highest BCUT2D eigenvalue weighted by atomic mass is 32.2. The largest absolute Gasteiger partial charge is 0.316 e. The van der Waals surface area contributed by atoms with E-state index in [2.05, 4.69) is 42.4 Å². The van der Waals surface area contributed by atoms with Gasteiger partial charge < -0.3 is 5.32 Å². The van der Waals surface area contributed by atoms with Gasteiger partial charge in [-0.25, -0.2) is 0 Å². The molecule has 1 saturated heterocycles. The van der Waals surface area contributed by atoms with Crippen molar-refractivity contribution >= 4 is 11.8 Å². The van der Waals surface area contributed by atoms with Gasteiger partial charge in [0.2, 0.25) is 0 Å². The summed E-state index contributed by atoms with van der Waals surface area (Å²) in [4.78, 5) is 2.52. The number of hydrogen-bond donors (Lipinski definition) is 1. The van der Waals surface area contributed by atoms with Crippen LogP contribution in [0.25, 0.3) is 0 Å². The van der Waals surface area contributed by atoms with Crippen LogP contribution in [-0.4, -0.2) is 48.6 Å². The van der Waals surface area contributed by atoms with Gasteiger partial charge in [-0.2, -0.15) is 11.8 Å². The van der Waals surface area contributed by atoms with Crippen LogP contribution < -0.4 is 5.32 Å². The maximum absolute atomic E-state index is 4.08. The highest BCUT2D eigenvalue weighted by molar-refractivity contribution is 8.00. The van der Waals surface area contributed by atoms with Gasteiger partial charge >= 0.3 is 0 Å². The van der Waals surface area contributed by atoms with E-state index in [4.69, 9.17) is 0 Å². The van der Waals surface area contributed by atoms with E-state index in [1.54, 1.807) is 0 Å². The van der Waals surface area contributed by atoms with Crippen LogP contribution in [0.2, 0.25) is 0 Å². The van der Waals surface area contributed by atoms with Gasteiger partial charge in [-0.05, 0) is 12.6 Å². The normalized spacial score (nSPS) is 29.1. The molecular weight excluding hydrogens is 192 g/mol. The van der Waals surface area contributed by atoms with E-state index in [1.807, 2.05) is 7.05 Å².